The van der Waals surface area contributed by atoms with Crippen molar-refractivity contribution in [2.24, 2.45) is 11.8 Å². The van der Waals surface area contributed by atoms with Crippen LogP contribution in [0.5, 0.6) is 0 Å². The van der Waals surface area contributed by atoms with Gasteiger partial charge in [0.1, 0.15) is 6.04 Å². The van der Waals surface area contributed by atoms with Crippen molar-refractivity contribution in [2.45, 2.75) is 51.0 Å². The highest BCUT2D eigenvalue weighted by molar-refractivity contribution is 5.86. The number of carboxylic acids is 1. The standard InChI is InChI=1S/C19H29N3O4.ClH/c1-2-4-16(19(25)26)21-18(24)15-5-3-12-22(13-15)17(23)7-6-14-8-10-20-11-9-14;/h1,14-16,20H,3-13H2,(H,21,24)(H,25,26);1H/t15-,16+;/m1./s1. The first kappa shape index (κ1) is 23.3. The molecule has 2 aliphatic rings. The van der Waals surface area contributed by atoms with Crippen LogP contribution in [0.15, 0.2) is 0 Å². The molecule has 0 aliphatic carbocycles. The van der Waals surface area contributed by atoms with E-state index in [4.69, 9.17) is 11.5 Å². The van der Waals surface area contributed by atoms with E-state index in [0.717, 1.165) is 38.8 Å². The van der Waals surface area contributed by atoms with E-state index < -0.39 is 12.0 Å². The number of hydrogen-bond donors (Lipinski definition) is 3. The van der Waals surface area contributed by atoms with E-state index in [-0.39, 0.29) is 36.6 Å². The van der Waals surface area contributed by atoms with Gasteiger partial charge in [0.25, 0.3) is 0 Å². The summed E-state index contributed by atoms with van der Waals surface area (Å²) in [4.78, 5) is 37.8. The van der Waals surface area contributed by atoms with E-state index in [1.165, 1.54) is 0 Å². The van der Waals surface area contributed by atoms with E-state index in [1.807, 2.05) is 0 Å². The van der Waals surface area contributed by atoms with Crippen molar-refractivity contribution in [3.05, 3.63) is 0 Å². The van der Waals surface area contributed by atoms with Crippen molar-refractivity contribution in [2.75, 3.05) is 26.2 Å². The molecule has 0 aromatic carbocycles. The van der Waals surface area contributed by atoms with E-state index in [9.17, 15) is 14.4 Å². The molecule has 2 heterocycles. The van der Waals surface area contributed by atoms with Crippen LogP contribution < -0.4 is 10.6 Å². The van der Waals surface area contributed by atoms with Crippen LogP contribution in [0.4, 0.5) is 0 Å². The minimum absolute atomic E-state index is 0. The highest BCUT2D eigenvalue weighted by Gasteiger charge is 2.30. The Morgan fingerprint density at radius 3 is 2.59 bits per heavy atom. The SMILES string of the molecule is C#CC[C@H](NC(=O)[C@@H]1CCCN(C(=O)CCC2CCNCC2)C1)C(=O)O.Cl. The molecule has 0 aromatic rings. The van der Waals surface area contributed by atoms with Gasteiger partial charge in [-0.05, 0) is 51.1 Å². The van der Waals surface area contributed by atoms with Gasteiger partial charge in [0, 0.05) is 25.9 Å². The lowest BCUT2D eigenvalue weighted by Gasteiger charge is -2.33. The Labute approximate surface area is 167 Å². The van der Waals surface area contributed by atoms with Crippen molar-refractivity contribution >= 4 is 30.2 Å². The molecule has 0 bridgehead atoms. The van der Waals surface area contributed by atoms with E-state index in [2.05, 4.69) is 16.6 Å². The number of piperidine rings is 2. The van der Waals surface area contributed by atoms with Crippen molar-refractivity contribution < 1.29 is 19.5 Å². The van der Waals surface area contributed by atoms with Crippen LogP contribution in [0.3, 0.4) is 0 Å². The van der Waals surface area contributed by atoms with Gasteiger partial charge >= 0.3 is 5.97 Å². The number of likely N-dealkylation sites (tertiary alicyclic amines) is 1. The summed E-state index contributed by atoms with van der Waals surface area (Å²) in [6.45, 7) is 3.07. The zero-order chi connectivity index (χ0) is 18.9. The van der Waals surface area contributed by atoms with Crippen LogP contribution in [0.1, 0.15) is 44.9 Å². The quantitative estimate of drug-likeness (QED) is 0.555. The Morgan fingerprint density at radius 2 is 1.96 bits per heavy atom. The molecular weight excluding hydrogens is 370 g/mol. The normalized spacial score (nSPS) is 21.4. The number of carbonyl (C=O) groups excluding carboxylic acids is 2. The number of rotatable bonds is 7. The smallest absolute Gasteiger partial charge is 0.327 e. The largest absolute Gasteiger partial charge is 0.480 e. The van der Waals surface area contributed by atoms with Crippen molar-refractivity contribution in [3.63, 3.8) is 0 Å². The molecule has 2 atom stereocenters. The summed E-state index contributed by atoms with van der Waals surface area (Å²) in [6, 6.07) is -1.07. The average Bonchev–Trinajstić information content (AvgIpc) is 2.66. The van der Waals surface area contributed by atoms with Crippen LogP contribution in [-0.4, -0.2) is 60.0 Å². The molecule has 2 rings (SSSR count). The number of nitrogens with one attached hydrogen (secondary N) is 2. The number of amides is 2. The summed E-state index contributed by atoms with van der Waals surface area (Å²) in [7, 11) is 0. The Balaban J connectivity index is 0.00000364. The molecule has 2 saturated heterocycles. The highest BCUT2D eigenvalue weighted by atomic mass is 35.5. The number of aliphatic carboxylic acids is 1. The Bertz CT molecular complexity index is 558. The molecule has 7 nitrogen and oxygen atoms in total. The maximum absolute atomic E-state index is 12.5. The Hall–Kier alpha value is -1.78. The first-order valence-corrected chi connectivity index (χ1v) is 9.46. The third-order valence-corrected chi connectivity index (χ3v) is 5.31. The highest BCUT2D eigenvalue weighted by Crippen LogP contribution is 2.21. The molecule has 0 radical (unpaired) electrons. The third-order valence-electron chi connectivity index (χ3n) is 5.31. The molecule has 0 spiro atoms. The summed E-state index contributed by atoms with van der Waals surface area (Å²) < 4.78 is 0. The van der Waals surface area contributed by atoms with Crippen LogP contribution in [-0.2, 0) is 14.4 Å². The predicted octanol–water partition coefficient (Wildman–Crippen LogP) is 1.02. The molecule has 152 valence electrons. The minimum Gasteiger partial charge on any atom is -0.480 e. The summed E-state index contributed by atoms with van der Waals surface area (Å²) in [6.07, 6.45) is 10.2. The molecule has 0 unspecified atom stereocenters. The third kappa shape index (κ3) is 7.39. The number of halogens is 1. The van der Waals surface area contributed by atoms with Gasteiger partial charge in [-0.1, -0.05) is 0 Å². The fourth-order valence-electron chi connectivity index (χ4n) is 3.68. The maximum Gasteiger partial charge on any atom is 0.327 e. The Kier molecular flexibility index (Phi) is 10.2. The molecule has 2 amide bonds. The molecule has 0 aromatic heterocycles. The lowest BCUT2D eigenvalue weighted by molar-refractivity contribution is -0.143. The number of carboxylic acid groups (broad SMARTS) is 1. The lowest BCUT2D eigenvalue weighted by atomic mass is 9.92. The zero-order valence-electron chi connectivity index (χ0n) is 15.6. The van der Waals surface area contributed by atoms with Crippen LogP contribution in [0.25, 0.3) is 0 Å². The zero-order valence-corrected chi connectivity index (χ0v) is 16.4. The summed E-state index contributed by atoms with van der Waals surface area (Å²) in [5.74, 6) is 1.13. The molecule has 27 heavy (non-hydrogen) atoms. The number of nitrogens with zero attached hydrogens (tertiary/aromatic N) is 1. The summed E-state index contributed by atoms with van der Waals surface area (Å²) in [5, 5.41) is 14.9. The van der Waals surface area contributed by atoms with Gasteiger partial charge in [-0.25, -0.2) is 4.79 Å². The van der Waals surface area contributed by atoms with Gasteiger partial charge in [0.05, 0.1) is 5.92 Å². The van der Waals surface area contributed by atoms with Crippen molar-refractivity contribution in [3.8, 4) is 12.3 Å². The fraction of sp³-hybridized carbons (Fsp3) is 0.737. The van der Waals surface area contributed by atoms with Gasteiger partial charge in [0.15, 0.2) is 0 Å². The lowest BCUT2D eigenvalue weighted by Crippen LogP contribution is -2.49. The molecular formula is C19H30ClN3O4. The Morgan fingerprint density at radius 1 is 1.26 bits per heavy atom. The second kappa shape index (κ2) is 11.8. The molecule has 2 fully saturated rings. The van der Waals surface area contributed by atoms with Crippen LogP contribution >= 0.6 is 12.4 Å². The van der Waals surface area contributed by atoms with E-state index in [0.29, 0.717) is 31.8 Å². The van der Waals surface area contributed by atoms with Crippen molar-refractivity contribution in [1.82, 2.24) is 15.5 Å². The first-order chi connectivity index (χ1) is 12.5. The minimum atomic E-state index is -1.14. The molecule has 8 heteroatoms. The van der Waals surface area contributed by atoms with Gasteiger partial charge in [-0.3, -0.25) is 9.59 Å². The second-order valence-electron chi connectivity index (χ2n) is 7.22. The van der Waals surface area contributed by atoms with E-state index >= 15 is 0 Å². The van der Waals surface area contributed by atoms with Gasteiger partial charge in [-0.2, -0.15) is 0 Å². The summed E-state index contributed by atoms with van der Waals surface area (Å²) in [5.41, 5.74) is 0. The number of hydrogen-bond acceptors (Lipinski definition) is 4. The van der Waals surface area contributed by atoms with Crippen LogP contribution in [0, 0.1) is 24.2 Å². The monoisotopic (exact) mass is 399 g/mol. The first-order valence-electron chi connectivity index (χ1n) is 9.46. The number of terminal acetylenes is 1. The molecule has 3 N–H and O–H groups in total. The van der Waals surface area contributed by atoms with Crippen molar-refractivity contribution in [1.29, 1.82) is 0 Å². The van der Waals surface area contributed by atoms with Gasteiger partial charge in [0.2, 0.25) is 11.8 Å². The molecule has 2 aliphatic heterocycles. The molecule has 0 saturated carbocycles. The predicted molar refractivity (Wildman–Crippen MR) is 104 cm³/mol. The number of carbonyl (C=O) groups is 3. The van der Waals surface area contributed by atoms with E-state index in [1.54, 1.807) is 4.90 Å². The van der Waals surface area contributed by atoms with Gasteiger partial charge < -0.3 is 20.6 Å². The average molecular weight is 400 g/mol. The summed E-state index contributed by atoms with van der Waals surface area (Å²) >= 11 is 0. The topological polar surface area (TPSA) is 98.7 Å². The second-order valence-corrected chi connectivity index (χ2v) is 7.22. The van der Waals surface area contributed by atoms with Crippen LogP contribution in [0.2, 0.25) is 0 Å². The maximum atomic E-state index is 12.5. The van der Waals surface area contributed by atoms with Gasteiger partial charge in [-0.15, -0.1) is 24.8 Å². The fourth-order valence-corrected chi connectivity index (χ4v) is 3.68.